The van der Waals surface area contributed by atoms with Crippen molar-refractivity contribution in [2.75, 3.05) is 20.1 Å². The van der Waals surface area contributed by atoms with Gasteiger partial charge < -0.3 is 10.6 Å². The van der Waals surface area contributed by atoms with E-state index in [1.54, 1.807) is 6.92 Å². The summed E-state index contributed by atoms with van der Waals surface area (Å²) in [6.07, 6.45) is 2.44. The molecule has 1 aliphatic rings. The highest BCUT2D eigenvalue weighted by molar-refractivity contribution is 5.76. The summed E-state index contributed by atoms with van der Waals surface area (Å²) in [6, 6.07) is 0. The van der Waals surface area contributed by atoms with E-state index in [2.05, 4.69) is 11.9 Å². The van der Waals surface area contributed by atoms with Crippen molar-refractivity contribution in [1.29, 1.82) is 0 Å². The lowest BCUT2D eigenvalue weighted by molar-refractivity contribution is -0.118. The quantitative estimate of drug-likeness (QED) is 0.652. The third-order valence-corrected chi connectivity index (χ3v) is 2.58. The first kappa shape index (κ1) is 9.68. The lowest BCUT2D eigenvalue weighted by Crippen LogP contribution is -2.50. The van der Waals surface area contributed by atoms with Crippen LogP contribution in [-0.4, -0.2) is 36.4 Å². The maximum atomic E-state index is 10.9. The molecule has 0 aromatic heterocycles. The monoisotopic (exact) mass is 170 g/mol. The molecule has 3 heteroatoms. The van der Waals surface area contributed by atoms with Crippen molar-refractivity contribution in [2.45, 2.75) is 31.7 Å². The number of hydrogen-bond acceptors (Lipinski definition) is 3. The number of likely N-dealkylation sites (tertiary alicyclic amines) is 1. The molecule has 1 fully saturated rings. The first-order valence-electron chi connectivity index (χ1n) is 4.49. The van der Waals surface area contributed by atoms with Crippen LogP contribution < -0.4 is 5.73 Å². The summed E-state index contributed by atoms with van der Waals surface area (Å²) >= 11 is 0. The SMILES string of the molecule is CC(=O)CC1(N)CCN(C)CC1. The highest BCUT2D eigenvalue weighted by Crippen LogP contribution is 2.22. The molecule has 0 aromatic carbocycles. The Morgan fingerprint density at radius 1 is 1.50 bits per heavy atom. The smallest absolute Gasteiger partial charge is 0.131 e. The van der Waals surface area contributed by atoms with E-state index in [-0.39, 0.29) is 11.3 Å². The molecule has 0 aliphatic carbocycles. The van der Waals surface area contributed by atoms with Gasteiger partial charge in [-0.15, -0.1) is 0 Å². The fourth-order valence-electron chi connectivity index (χ4n) is 1.74. The standard InChI is InChI=1S/C9H18N2O/c1-8(12)7-9(10)3-5-11(2)6-4-9/h3-7,10H2,1-2H3. The predicted octanol–water partition coefficient (Wildman–Crippen LogP) is 0.389. The molecule has 0 spiro atoms. The molecule has 3 nitrogen and oxygen atoms in total. The van der Waals surface area contributed by atoms with Crippen LogP contribution in [0.2, 0.25) is 0 Å². The van der Waals surface area contributed by atoms with E-state index in [0.29, 0.717) is 6.42 Å². The van der Waals surface area contributed by atoms with Gasteiger partial charge >= 0.3 is 0 Å². The number of piperidine rings is 1. The normalized spacial score (nSPS) is 23.9. The number of ketones is 1. The molecule has 0 saturated carbocycles. The number of hydrogen-bond donors (Lipinski definition) is 1. The molecule has 12 heavy (non-hydrogen) atoms. The van der Waals surface area contributed by atoms with Crippen LogP contribution in [0.4, 0.5) is 0 Å². The molecule has 1 aliphatic heterocycles. The minimum atomic E-state index is -0.210. The van der Waals surface area contributed by atoms with Crippen molar-refractivity contribution >= 4 is 5.78 Å². The number of nitrogens with two attached hydrogens (primary N) is 1. The van der Waals surface area contributed by atoms with E-state index >= 15 is 0 Å². The van der Waals surface area contributed by atoms with Crippen LogP contribution in [0.5, 0.6) is 0 Å². The fourth-order valence-corrected chi connectivity index (χ4v) is 1.74. The summed E-state index contributed by atoms with van der Waals surface area (Å²) in [4.78, 5) is 13.2. The molecule has 2 N–H and O–H groups in total. The van der Waals surface area contributed by atoms with E-state index in [1.165, 1.54) is 0 Å². The van der Waals surface area contributed by atoms with Gasteiger partial charge in [0.25, 0.3) is 0 Å². The number of nitrogens with zero attached hydrogens (tertiary/aromatic N) is 1. The Hall–Kier alpha value is -0.410. The predicted molar refractivity (Wildman–Crippen MR) is 48.9 cm³/mol. The van der Waals surface area contributed by atoms with Crippen molar-refractivity contribution in [3.8, 4) is 0 Å². The summed E-state index contributed by atoms with van der Waals surface area (Å²) in [5, 5.41) is 0. The molecule has 0 amide bonds. The van der Waals surface area contributed by atoms with Crippen LogP contribution in [0.15, 0.2) is 0 Å². The molecule has 0 atom stereocenters. The van der Waals surface area contributed by atoms with Crippen LogP contribution in [0, 0.1) is 0 Å². The zero-order chi connectivity index (χ0) is 9.19. The zero-order valence-corrected chi connectivity index (χ0v) is 7.97. The van der Waals surface area contributed by atoms with Gasteiger partial charge in [0, 0.05) is 12.0 Å². The van der Waals surface area contributed by atoms with Gasteiger partial charge in [-0.25, -0.2) is 0 Å². The molecule has 1 saturated heterocycles. The minimum absolute atomic E-state index is 0.210. The Labute approximate surface area is 73.9 Å². The van der Waals surface area contributed by atoms with Crippen LogP contribution in [0.25, 0.3) is 0 Å². The van der Waals surface area contributed by atoms with Crippen molar-refractivity contribution in [2.24, 2.45) is 5.73 Å². The average Bonchev–Trinajstić information content (AvgIpc) is 1.94. The Kier molecular flexibility index (Phi) is 2.85. The Balaban J connectivity index is 2.44. The van der Waals surface area contributed by atoms with E-state index in [4.69, 9.17) is 5.73 Å². The molecule has 70 valence electrons. The fraction of sp³-hybridized carbons (Fsp3) is 0.889. The van der Waals surface area contributed by atoms with Gasteiger partial charge in [0.05, 0.1) is 0 Å². The number of rotatable bonds is 2. The molecule has 0 radical (unpaired) electrons. The van der Waals surface area contributed by atoms with Gasteiger partial charge in [0.15, 0.2) is 0 Å². The average molecular weight is 170 g/mol. The maximum absolute atomic E-state index is 10.9. The van der Waals surface area contributed by atoms with Crippen molar-refractivity contribution < 1.29 is 4.79 Å². The summed E-state index contributed by atoms with van der Waals surface area (Å²) in [5.74, 6) is 0.210. The minimum Gasteiger partial charge on any atom is -0.325 e. The van der Waals surface area contributed by atoms with Gasteiger partial charge in [-0.1, -0.05) is 0 Å². The molecule has 0 aromatic rings. The maximum Gasteiger partial charge on any atom is 0.131 e. The molecule has 0 bridgehead atoms. The third kappa shape index (κ3) is 2.57. The van der Waals surface area contributed by atoms with E-state index in [9.17, 15) is 4.79 Å². The number of carbonyl (C=O) groups is 1. The van der Waals surface area contributed by atoms with E-state index in [0.717, 1.165) is 25.9 Å². The second-order valence-electron chi connectivity index (χ2n) is 4.04. The third-order valence-electron chi connectivity index (χ3n) is 2.58. The molecule has 1 heterocycles. The summed E-state index contributed by atoms with van der Waals surface area (Å²) in [6.45, 7) is 3.65. The molecular formula is C9H18N2O. The van der Waals surface area contributed by atoms with E-state index < -0.39 is 0 Å². The van der Waals surface area contributed by atoms with Crippen LogP contribution in [-0.2, 0) is 4.79 Å². The first-order chi connectivity index (χ1) is 5.52. The summed E-state index contributed by atoms with van der Waals surface area (Å²) in [7, 11) is 2.09. The van der Waals surface area contributed by atoms with Crippen LogP contribution in [0.3, 0.4) is 0 Å². The first-order valence-corrected chi connectivity index (χ1v) is 4.49. The largest absolute Gasteiger partial charge is 0.325 e. The van der Waals surface area contributed by atoms with Gasteiger partial charge in [-0.05, 0) is 39.9 Å². The van der Waals surface area contributed by atoms with Crippen LogP contribution >= 0.6 is 0 Å². The van der Waals surface area contributed by atoms with Gasteiger partial charge in [0.2, 0.25) is 0 Å². The molecular weight excluding hydrogens is 152 g/mol. The van der Waals surface area contributed by atoms with Gasteiger partial charge in [-0.2, -0.15) is 0 Å². The zero-order valence-electron chi connectivity index (χ0n) is 7.97. The Morgan fingerprint density at radius 2 is 2.00 bits per heavy atom. The van der Waals surface area contributed by atoms with E-state index in [1.807, 2.05) is 0 Å². The van der Waals surface area contributed by atoms with Crippen LogP contribution in [0.1, 0.15) is 26.2 Å². The van der Waals surface area contributed by atoms with Gasteiger partial charge in [-0.3, -0.25) is 4.79 Å². The topological polar surface area (TPSA) is 46.3 Å². The molecule has 1 rings (SSSR count). The lowest BCUT2D eigenvalue weighted by Gasteiger charge is -2.37. The lowest BCUT2D eigenvalue weighted by atomic mass is 9.84. The van der Waals surface area contributed by atoms with Crippen molar-refractivity contribution in [3.05, 3.63) is 0 Å². The summed E-state index contributed by atoms with van der Waals surface area (Å²) < 4.78 is 0. The second kappa shape index (κ2) is 3.54. The Morgan fingerprint density at radius 3 is 2.42 bits per heavy atom. The molecule has 0 unspecified atom stereocenters. The number of carbonyl (C=O) groups excluding carboxylic acids is 1. The summed E-state index contributed by atoms with van der Waals surface area (Å²) in [5.41, 5.74) is 5.86. The second-order valence-corrected chi connectivity index (χ2v) is 4.04. The highest BCUT2D eigenvalue weighted by Gasteiger charge is 2.30. The van der Waals surface area contributed by atoms with Crippen molar-refractivity contribution in [3.63, 3.8) is 0 Å². The highest BCUT2D eigenvalue weighted by atomic mass is 16.1. The van der Waals surface area contributed by atoms with Crippen molar-refractivity contribution in [1.82, 2.24) is 4.90 Å². The Bertz CT molecular complexity index is 171. The number of Topliss-reactive ketones (excluding diaryl/α,β-unsaturated/α-hetero) is 1. The van der Waals surface area contributed by atoms with Gasteiger partial charge in [0.1, 0.15) is 5.78 Å².